The molecule has 1 N–H and O–H groups in total. The van der Waals surface area contributed by atoms with E-state index in [1.54, 1.807) is 0 Å². The van der Waals surface area contributed by atoms with Crippen LogP contribution in [0, 0.1) is 17.6 Å². The van der Waals surface area contributed by atoms with E-state index in [2.05, 4.69) is 38.3 Å². The normalized spacial score (nSPS) is 22.5. The van der Waals surface area contributed by atoms with Crippen molar-refractivity contribution in [3.8, 4) is 11.4 Å². The van der Waals surface area contributed by atoms with E-state index in [9.17, 15) is 8.78 Å². The van der Waals surface area contributed by atoms with Crippen molar-refractivity contribution in [2.75, 3.05) is 6.54 Å². The molecule has 0 radical (unpaired) electrons. The summed E-state index contributed by atoms with van der Waals surface area (Å²) in [5.41, 5.74) is 0.368. The van der Waals surface area contributed by atoms with Crippen LogP contribution in [-0.4, -0.2) is 16.7 Å². The van der Waals surface area contributed by atoms with Gasteiger partial charge in [-0.1, -0.05) is 12.1 Å². The Morgan fingerprint density at radius 3 is 2.95 bits per heavy atom. The fourth-order valence-electron chi connectivity index (χ4n) is 2.55. The molecule has 0 amide bonds. The van der Waals surface area contributed by atoms with Crippen molar-refractivity contribution in [3.63, 3.8) is 0 Å². The molecule has 3 rings (SSSR count). The van der Waals surface area contributed by atoms with Crippen molar-refractivity contribution >= 4 is 15.9 Å². The summed E-state index contributed by atoms with van der Waals surface area (Å²) in [6.45, 7) is 3.02. The third-order valence-electron chi connectivity index (χ3n) is 3.75. The molecule has 1 aliphatic rings. The lowest BCUT2D eigenvalue weighted by molar-refractivity contribution is 0.239. The van der Waals surface area contributed by atoms with Gasteiger partial charge in [0.1, 0.15) is 0 Å². The van der Waals surface area contributed by atoms with Crippen molar-refractivity contribution in [2.24, 2.45) is 5.92 Å². The second-order valence-electron chi connectivity index (χ2n) is 5.23. The van der Waals surface area contributed by atoms with Crippen LogP contribution in [-0.2, 0) is 0 Å². The van der Waals surface area contributed by atoms with Crippen LogP contribution in [0.5, 0.6) is 0 Å². The van der Waals surface area contributed by atoms with Gasteiger partial charge in [-0.25, -0.2) is 8.78 Å². The molecule has 1 saturated heterocycles. The predicted octanol–water partition coefficient (Wildman–Crippen LogP) is 3.84. The molecule has 1 aromatic carbocycles. The minimum atomic E-state index is -0.956. The van der Waals surface area contributed by atoms with E-state index in [1.165, 1.54) is 6.07 Å². The van der Waals surface area contributed by atoms with Crippen LogP contribution in [0.25, 0.3) is 11.4 Å². The standard InChI is InChI=1S/C14H14BrF2N3O/c1-7-3-2-6-18-12(7)14-19-13(20-21-14)8-4-5-9(16)11(17)10(8)15/h4-5,7,12,18H,2-3,6H2,1H3. The number of piperidine rings is 1. The fraction of sp³-hybridized carbons (Fsp3) is 0.429. The summed E-state index contributed by atoms with van der Waals surface area (Å²) in [4.78, 5) is 4.33. The van der Waals surface area contributed by atoms with E-state index >= 15 is 0 Å². The first kappa shape index (κ1) is 14.6. The molecular formula is C14H14BrF2N3O. The summed E-state index contributed by atoms with van der Waals surface area (Å²) in [7, 11) is 0. The molecule has 1 aliphatic heterocycles. The molecule has 1 fully saturated rings. The smallest absolute Gasteiger partial charge is 0.244 e. The Labute approximate surface area is 129 Å². The number of nitrogens with zero attached hydrogens (tertiary/aromatic N) is 2. The van der Waals surface area contributed by atoms with E-state index in [4.69, 9.17) is 4.52 Å². The van der Waals surface area contributed by atoms with E-state index in [0.29, 0.717) is 17.4 Å². The maximum atomic E-state index is 13.6. The Bertz CT molecular complexity index is 662. The Kier molecular flexibility index (Phi) is 4.03. The number of halogens is 3. The van der Waals surface area contributed by atoms with Gasteiger partial charge in [0, 0.05) is 5.56 Å². The molecule has 2 atom stereocenters. The zero-order valence-corrected chi connectivity index (χ0v) is 13.0. The largest absolute Gasteiger partial charge is 0.337 e. The second-order valence-corrected chi connectivity index (χ2v) is 6.02. The monoisotopic (exact) mass is 357 g/mol. The zero-order chi connectivity index (χ0) is 15.0. The van der Waals surface area contributed by atoms with Crippen LogP contribution in [0.2, 0.25) is 0 Å². The Morgan fingerprint density at radius 1 is 1.38 bits per heavy atom. The summed E-state index contributed by atoms with van der Waals surface area (Å²) in [6.07, 6.45) is 2.21. The van der Waals surface area contributed by atoms with Crippen molar-refractivity contribution in [2.45, 2.75) is 25.8 Å². The van der Waals surface area contributed by atoms with Gasteiger partial charge < -0.3 is 9.84 Å². The summed E-state index contributed by atoms with van der Waals surface area (Å²) in [5.74, 6) is -0.760. The third-order valence-corrected chi connectivity index (χ3v) is 4.53. The molecule has 0 spiro atoms. The average molecular weight is 358 g/mol. The van der Waals surface area contributed by atoms with Gasteiger partial charge in [-0.3, -0.25) is 0 Å². The molecule has 4 nitrogen and oxygen atoms in total. The molecule has 0 aliphatic carbocycles. The van der Waals surface area contributed by atoms with Crippen LogP contribution in [0.3, 0.4) is 0 Å². The lowest BCUT2D eigenvalue weighted by Gasteiger charge is -2.26. The second kappa shape index (κ2) is 5.81. The number of hydrogen-bond donors (Lipinski definition) is 1. The quantitative estimate of drug-likeness (QED) is 0.829. The number of aromatic nitrogens is 2. The predicted molar refractivity (Wildman–Crippen MR) is 76.5 cm³/mol. The van der Waals surface area contributed by atoms with Gasteiger partial charge >= 0.3 is 0 Å². The first-order valence-electron chi connectivity index (χ1n) is 6.78. The molecule has 1 aromatic heterocycles. The van der Waals surface area contributed by atoms with Gasteiger partial charge in [0.15, 0.2) is 11.6 Å². The molecule has 2 aromatic rings. The summed E-state index contributed by atoms with van der Waals surface area (Å²) >= 11 is 3.03. The highest BCUT2D eigenvalue weighted by Gasteiger charge is 2.28. The zero-order valence-electron chi connectivity index (χ0n) is 11.4. The lowest BCUT2D eigenvalue weighted by atomic mass is 9.93. The molecule has 112 valence electrons. The van der Waals surface area contributed by atoms with E-state index in [1.807, 2.05) is 0 Å². The third kappa shape index (κ3) is 2.72. The number of rotatable bonds is 2. The highest BCUT2D eigenvalue weighted by molar-refractivity contribution is 9.10. The first-order valence-corrected chi connectivity index (χ1v) is 7.58. The van der Waals surface area contributed by atoms with Crippen LogP contribution < -0.4 is 5.32 Å². The van der Waals surface area contributed by atoms with E-state index < -0.39 is 11.6 Å². The number of nitrogens with one attached hydrogen (secondary N) is 1. The van der Waals surface area contributed by atoms with Crippen molar-refractivity contribution in [1.29, 1.82) is 0 Å². The minimum Gasteiger partial charge on any atom is -0.337 e. The summed E-state index contributed by atoms with van der Waals surface area (Å²) in [6, 6.07) is 2.48. The average Bonchev–Trinajstić information content (AvgIpc) is 2.95. The van der Waals surface area contributed by atoms with Gasteiger partial charge in [-0.15, -0.1) is 0 Å². The van der Waals surface area contributed by atoms with Crippen LogP contribution in [0.15, 0.2) is 21.1 Å². The first-order chi connectivity index (χ1) is 10.1. The Morgan fingerprint density at radius 2 is 2.19 bits per heavy atom. The molecule has 0 bridgehead atoms. The summed E-state index contributed by atoms with van der Waals surface area (Å²) in [5, 5.41) is 7.23. The van der Waals surface area contributed by atoms with E-state index in [-0.39, 0.29) is 16.3 Å². The van der Waals surface area contributed by atoms with Gasteiger partial charge in [0.2, 0.25) is 11.7 Å². The molecule has 2 heterocycles. The van der Waals surface area contributed by atoms with Crippen molar-refractivity contribution < 1.29 is 13.3 Å². The van der Waals surface area contributed by atoms with Crippen molar-refractivity contribution in [3.05, 3.63) is 34.1 Å². The molecule has 7 heteroatoms. The van der Waals surface area contributed by atoms with Crippen molar-refractivity contribution in [1.82, 2.24) is 15.5 Å². The minimum absolute atomic E-state index is 0.000461. The number of benzene rings is 1. The summed E-state index contributed by atoms with van der Waals surface area (Å²) < 4.78 is 32.0. The highest BCUT2D eigenvalue weighted by Crippen LogP contribution is 2.32. The SMILES string of the molecule is CC1CCCNC1c1nc(-c2ccc(F)c(F)c2Br)no1. The molecular weight excluding hydrogens is 344 g/mol. The van der Waals surface area contributed by atoms with Crippen LogP contribution in [0.4, 0.5) is 8.78 Å². The topological polar surface area (TPSA) is 51.0 Å². The number of hydrogen-bond acceptors (Lipinski definition) is 4. The Balaban J connectivity index is 1.93. The molecule has 0 saturated carbocycles. The van der Waals surface area contributed by atoms with Crippen LogP contribution in [0.1, 0.15) is 31.7 Å². The van der Waals surface area contributed by atoms with Gasteiger partial charge in [-0.05, 0) is 53.4 Å². The van der Waals surface area contributed by atoms with E-state index in [0.717, 1.165) is 25.5 Å². The Hall–Kier alpha value is -1.34. The maximum absolute atomic E-state index is 13.6. The molecule has 2 unspecified atom stereocenters. The lowest BCUT2D eigenvalue weighted by Crippen LogP contribution is -2.33. The maximum Gasteiger partial charge on any atom is 0.244 e. The van der Waals surface area contributed by atoms with Crippen LogP contribution >= 0.6 is 15.9 Å². The van der Waals surface area contributed by atoms with Gasteiger partial charge in [-0.2, -0.15) is 4.98 Å². The highest BCUT2D eigenvalue weighted by atomic mass is 79.9. The van der Waals surface area contributed by atoms with Gasteiger partial charge in [0.25, 0.3) is 0 Å². The molecule has 21 heavy (non-hydrogen) atoms. The fourth-order valence-corrected chi connectivity index (χ4v) is 3.05. The van der Waals surface area contributed by atoms with Gasteiger partial charge in [0.05, 0.1) is 10.5 Å².